The van der Waals surface area contributed by atoms with E-state index in [0.717, 1.165) is 51.0 Å². The topological polar surface area (TPSA) is 45.4 Å². The lowest BCUT2D eigenvalue weighted by Crippen LogP contribution is -2.46. The second-order valence-electron chi connectivity index (χ2n) is 7.32. The van der Waals surface area contributed by atoms with Crippen LogP contribution in [-0.2, 0) is 6.54 Å². The van der Waals surface area contributed by atoms with Crippen LogP contribution >= 0.6 is 0 Å². The van der Waals surface area contributed by atoms with Crippen molar-refractivity contribution in [3.8, 4) is 0 Å². The maximum atomic E-state index is 14.0. The third-order valence-corrected chi connectivity index (χ3v) is 5.66. The van der Waals surface area contributed by atoms with Gasteiger partial charge in [-0.25, -0.2) is 8.78 Å². The number of rotatable bonds is 5. The summed E-state index contributed by atoms with van der Waals surface area (Å²) in [4.78, 5) is 4.50. The molecular formula is C19H24F2N4O. The molecule has 7 heteroatoms. The van der Waals surface area contributed by atoms with Crippen LogP contribution < -0.4 is 0 Å². The number of nitrogens with zero attached hydrogens (tertiary/aromatic N) is 4. The quantitative estimate of drug-likeness (QED) is 0.815. The Hall–Kier alpha value is -1.86. The molecule has 140 valence electrons. The summed E-state index contributed by atoms with van der Waals surface area (Å²) >= 11 is 0. The third-order valence-electron chi connectivity index (χ3n) is 5.66. The van der Waals surface area contributed by atoms with Crippen molar-refractivity contribution in [1.82, 2.24) is 20.0 Å². The van der Waals surface area contributed by atoms with Gasteiger partial charge in [0, 0.05) is 49.8 Å². The average molecular weight is 362 g/mol. The molecule has 2 aromatic rings. The first kappa shape index (κ1) is 17.5. The lowest BCUT2D eigenvalue weighted by Gasteiger charge is -2.37. The Bertz CT molecular complexity index is 754. The van der Waals surface area contributed by atoms with Crippen LogP contribution in [0.25, 0.3) is 0 Å². The predicted molar refractivity (Wildman–Crippen MR) is 92.5 cm³/mol. The fourth-order valence-electron chi connectivity index (χ4n) is 3.69. The molecule has 1 saturated heterocycles. The van der Waals surface area contributed by atoms with E-state index in [1.165, 1.54) is 12.5 Å². The smallest absolute Gasteiger partial charge is 0.230 e. The Kier molecular flexibility index (Phi) is 5.00. The van der Waals surface area contributed by atoms with Gasteiger partial charge in [-0.3, -0.25) is 9.80 Å². The van der Waals surface area contributed by atoms with E-state index in [4.69, 9.17) is 4.42 Å². The van der Waals surface area contributed by atoms with E-state index in [1.807, 2.05) is 6.92 Å². The number of halogens is 2. The molecule has 1 saturated carbocycles. The molecule has 1 aromatic carbocycles. The van der Waals surface area contributed by atoms with Crippen molar-refractivity contribution >= 4 is 0 Å². The van der Waals surface area contributed by atoms with E-state index in [1.54, 1.807) is 6.07 Å². The summed E-state index contributed by atoms with van der Waals surface area (Å²) in [6.07, 6.45) is 3.55. The van der Waals surface area contributed by atoms with Gasteiger partial charge >= 0.3 is 0 Å². The van der Waals surface area contributed by atoms with Crippen molar-refractivity contribution in [3.63, 3.8) is 0 Å². The highest BCUT2D eigenvalue weighted by atomic mass is 19.1. The standard InChI is InChI=1S/C19H24F2N4O/c1-13(16-6-5-15(20)11-17(16)21)25-9-7-24(8-10-25)12-18-22-23-19(26-18)14-3-2-4-14/h5-6,11,13-14H,2-4,7-10,12H2,1H3/t13-/m0/s1. The molecule has 0 bridgehead atoms. The first-order valence-corrected chi connectivity index (χ1v) is 9.34. The van der Waals surface area contributed by atoms with E-state index in [2.05, 4.69) is 20.0 Å². The Labute approximate surface area is 152 Å². The zero-order chi connectivity index (χ0) is 18.1. The fraction of sp³-hybridized carbons (Fsp3) is 0.579. The SMILES string of the molecule is C[C@@H](c1ccc(F)cc1F)N1CCN(Cc2nnc(C3CCC3)o2)CC1. The highest BCUT2D eigenvalue weighted by Crippen LogP contribution is 2.35. The summed E-state index contributed by atoms with van der Waals surface area (Å²) in [5.74, 6) is 0.904. The largest absolute Gasteiger partial charge is 0.424 e. The van der Waals surface area contributed by atoms with Gasteiger partial charge in [0.1, 0.15) is 11.6 Å². The molecule has 26 heavy (non-hydrogen) atoms. The van der Waals surface area contributed by atoms with Gasteiger partial charge in [-0.15, -0.1) is 10.2 Å². The Morgan fingerprint density at radius 1 is 1.15 bits per heavy atom. The number of aromatic nitrogens is 2. The Balaban J connectivity index is 1.31. The number of piperazine rings is 1. The maximum Gasteiger partial charge on any atom is 0.230 e. The second kappa shape index (κ2) is 7.40. The molecule has 0 amide bonds. The van der Waals surface area contributed by atoms with Crippen LogP contribution in [0.3, 0.4) is 0 Å². The first-order valence-electron chi connectivity index (χ1n) is 9.34. The van der Waals surface area contributed by atoms with Crippen LogP contribution in [0, 0.1) is 11.6 Å². The van der Waals surface area contributed by atoms with E-state index >= 15 is 0 Å². The third kappa shape index (κ3) is 3.64. The first-order chi connectivity index (χ1) is 12.6. The monoisotopic (exact) mass is 362 g/mol. The summed E-state index contributed by atoms with van der Waals surface area (Å²) in [5, 5.41) is 8.36. The molecule has 0 radical (unpaired) electrons. The van der Waals surface area contributed by atoms with Gasteiger partial charge in [-0.2, -0.15) is 0 Å². The number of hydrogen-bond acceptors (Lipinski definition) is 5. The molecule has 0 spiro atoms. The van der Waals surface area contributed by atoms with Crippen LogP contribution in [0.4, 0.5) is 8.78 Å². The van der Waals surface area contributed by atoms with Gasteiger partial charge in [-0.05, 0) is 25.8 Å². The van der Waals surface area contributed by atoms with Crippen molar-refractivity contribution in [2.24, 2.45) is 0 Å². The number of benzene rings is 1. The molecule has 2 fully saturated rings. The van der Waals surface area contributed by atoms with Gasteiger partial charge in [0.2, 0.25) is 11.8 Å². The van der Waals surface area contributed by atoms with Crippen molar-refractivity contribution in [2.45, 2.75) is 44.7 Å². The normalized spacial score (nSPS) is 20.9. The van der Waals surface area contributed by atoms with Crippen molar-refractivity contribution in [1.29, 1.82) is 0 Å². The zero-order valence-electron chi connectivity index (χ0n) is 15.0. The number of hydrogen-bond donors (Lipinski definition) is 0. The molecule has 2 aliphatic rings. The molecule has 5 nitrogen and oxygen atoms in total. The zero-order valence-corrected chi connectivity index (χ0v) is 15.0. The van der Waals surface area contributed by atoms with Crippen LogP contribution in [-0.4, -0.2) is 46.2 Å². The summed E-state index contributed by atoms with van der Waals surface area (Å²) in [5.41, 5.74) is 0.543. The minimum absolute atomic E-state index is 0.0774. The van der Waals surface area contributed by atoms with Crippen molar-refractivity contribution < 1.29 is 13.2 Å². The van der Waals surface area contributed by atoms with Gasteiger partial charge < -0.3 is 4.42 Å². The lowest BCUT2D eigenvalue weighted by molar-refractivity contribution is 0.0903. The minimum Gasteiger partial charge on any atom is -0.424 e. The van der Waals surface area contributed by atoms with E-state index < -0.39 is 11.6 Å². The van der Waals surface area contributed by atoms with Crippen LogP contribution in [0.5, 0.6) is 0 Å². The second-order valence-corrected chi connectivity index (χ2v) is 7.32. The van der Waals surface area contributed by atoms with Crippen LogP contribution in [0.2, 0.25) is 0 Å². The predicted octanol–water partition coefficient (Wildman–Crippen LogP) is 3.49. The molecule has 0 N–H and O–H groups in total. The van der Waals surface area contributed by atoms with Crippen molar-refractivity contribution in [3.05, 3.63) is 47.2 Å². The molecule has 1 aliphatic carbocycles. The summed E-state index contributed by atoms with van der Waals surface area (Å²) in [7, 11) is 0. The maximum absolute atomic E-state index is 14.0. The fourth-order valence-corrected chi connectivity index (χ4v) is 3.69. The van der Waals surface area contributed by atoms with E-state index in [-0.39, 0.29) is 6.04 Å². The molecule has 1 atom stereocenters. The van der Waals surface area contributed by atoms with Crippen molar-refractivity contribution in [2.75, 3.05) is 26.2 Å². The minimum atomic E-state index is -0.538. The van der Waals surface area contributed by atoms with E-state index in [0.29, 0.717) is 23.9 Å². The molecule has 1 aromatic heterocycles. The van der Waals surface area contributed by atoms with Gasteiger partial charge in [0.15, 0.2) is 0 Å². The van der Waals surface area contributed by atoms with Crippen LogP contribution in [0.15, 0.2) is 22.6 Å². The lowest BCUT2D eigenvalue weighted by atomic mass is 9.85. The van der Waals surface area contributed by atoms with Gasteiger partial charge in [0.05, 0.1) is 6.54 Å². The molecule has 1 aliphatic heterocycles. The van der Waals surface area contributed by atoms with Gasteiger partial charge in [-0.1, -0.05) is 12.5 Å². The average Bonchev–Trinajstić information content (AvgIpc) is 3.01. The summed E-state index contributed by atoms with van der Waals surface area (Å²) in [6.45, 7) is 5.98. The highest BCUT2D eigenvalue weighted by Gasteiger charge is 2.27. The van der Waals surface area contributed by atoms with Gasteiger partial charge in [0.25, 0.3) is 0 Å². The van der Waals surface area contributed by atoms with E-state index in [9.17, 15) is 8.78 Å². The molecule has 2 heterocycles. The Morgan fingerprint density at radius 3 is 2.58 bits per heavy atom. The summed E-state index contributed by atoms with van der Waals surface area (Å²) in [6, 6.07) is 3.74. The van der Waals surface area contributed by atoms with Crippen LogP contribution in [0.1, 0.15) is 55.5 Å². The molecular weight excluding hydrogens is 338 g/mol. The highest BCUT2D eigenvalue weighted by molar-refractivity contribution is 5.22. The Morgan fingerprint density at radius 2 is 1.92 bits per heavy atom. The molecule has 0 unspecified atom stereocenters. The summed E-state index contributed by atoms with van der Waals surface area (Å²) < 4.78 is 32.9. The molecule has 4 rings (SSSR count).